The number of aliphatic imine (C=N–C) groups is 1. The van der Waals surface area contributed by atoms with Crippen LogP contribution in [0.25, 0.3) is 0 Å². The molecule has 3 unspecified atom stereocenters. The SMILES string of the molecule is CCNC(=NCc1ccccc1CN1CC(C)CC(C)C1)NC(C)CCS(C)(=O)=O. The molecule has 0 radical (unpaired) electrons. The van der Waals surface area contributed by atoms with E-state index >= 15 is 0 Å². The molecule has 1 heterocycles. The van der Waals surface area contributed by atoms with Gasteiger partial charge in [-0.2, -0.15) is 0 Å². The van der Waals surface area contributed by atoms with E-state index in [9.17, 15) is 8.42 Å². The Labute approximate surface area is 183 Å². The molecule has 7 heteroatoms. The third kappa shape index (κ3) is 9.04. The van der Waals surface area contributed by atoms with Crippen LogP contribution in [0.3, 0.4) is 0 Å². The first-order valence-electron chi connectivity index (χ1n) is 11.2. The monoisotopic (exact) mass is 436 g/mol. The number of nitrogens with zero attached hydrogens (tertiary/aromatic N) is 2. The van der Waals surface area contributed by atoms with Crippen molar-refractivity contribution in [2.24, 2.45) is 16.8 Å². The lowest BCUT2D eigenvalue weighted by molar-refractivity contribution is 0.134. The molecule has 1 aromatic rings. The minimum atomic E-state index is -2.96. The molecule has 1 aromatic carbocycles. The van der Waals surface area contributed by atoms with Crippen molar-refractivity contribution in [1.29, 1.82) is 0 Å². The van der Waals surface area contributed by atoms with Crippen molar-refractivity contribution in [3.05, 3.63) is 35.4 Å². The summed E-state index contributed by atoms with van der Waals surface area (Å²) in [6, 6.07) is 8.58. The number of rotatable bonds is 9. The second-order valence-corrected chi connectivity index (χ2v) is 11.3. The van der Waals surface area contributed by atoms with Crippen LogP contribution in [0, 0.1) is 11.8 Å². The van der Waals surface area contributed by atoms with Crippen LogP contribution in [0.1, 0.15) is 51.7 Å². The Kier molecular flexibility index (Phi) is 9.62. The molecule has 1 aliphatic rings. The molecule has 0 aliphatic carbocycles. The molecule has 0 aromatic heterocycles. The lowest BCUT2D eigenvalue weighted by Gasteiger charge is -2.35. The van der Waals surface area contributed by atoms with Crippen molar-refractivity contribution < 1.29 is 8.42 Å². The van der Waals surface area contributed by atoms with Crippen LogP contribution >= 0.6 is 0 Å². The van der Waals surface area contributed by atoms with E-state index in [2.05, 4.69) is 53.6 Å². The van der Waals surface area contributed by atoms with Gasteiger partial charge in [0.15, 0.2) is 5.96 Å². The van der Waals surface area contributed by atoms with Gasteiger partial charge in [0, 0.05) is 38.5 Å². The molecule has 0 amide bonds. The van der Waals surface area contributed by atoms with Crippen LogP contribution < -0.4 is 10.6 Å². The average molecular weight is 437 g/mol. The molecule has 2 N–H and O–H groups in total. The number of hydrogen-bond acceptors (Lipinski definition) is 4. The van der Waals surface area contributed by atoms with Gasteiger partial charge >= 0.3 is 0 Å². The van der Waals surface area contributed by atoms with E-state index in [-0.39, 0.29) is 11.8 Å². The Balaban J connectivity index is 2.03. The topological polar surface area (TPSA) is 73.8 Å². The van der Waals surface area contributed by atoms with Crippen LogP contribution in [0.2, 0.25) is 0 Å². The molecule has 0 saturated carbocycles. The molecule has 6 nitrogen and oxygen atoms in total. The predicted octanol–water partition coefficient (Wildman–Crippen LogP) is 3.04. The highest BCUT2D eigenvalue weighted by Crippen LogP contribution is 2.23. The Morgan fingerprint density at radius 1 is 1.20 bits per heavy atom. The molecule has 1 aliphatic heterocycles. The van der Waals surface area contributed by atoms with Gasteiger partial charge in [0.1, 0.15) is 9.84 Å². The lowest BCUT2D eigenvalue weighted by Crippen LogP contribution is -2.42. The summed E-state index contributed by atoms with van der Waals surface area (Å²) in [6.07, 6.45) is 3.16. The molecule has 0 spiro atoms. The smallest absolute Gasteiger partial charge is 0.191 e. The van der Waals surface area contributed by atoms with E-state index in [1.165, 1.54) is 23.8 Å². The van der Waals surface area contributed by atoms with Crippen molar-refractivity contribution in [2.75, 3.05) is 31.6 Å². The fraction of sp³-hybridized carbons (Fsp3) is 0.696. The number of sulfone groups is 1. The molecule has 0 bridgehead atoms. The van der Waals surface area contributed by atoms with Crippen LogP contribution in [0.4, 0.5) is 0 Å². The maximum Gasteiger partial charge on any atom is 0.191 e. The van der Waals surface area contributed by atoms with E-state index in [0.29, 0.717) is 13.0 Å². The second kappa shape index (κ2) is 11.7. The molecular weight excluding hydrogens is 396 g/mol. The third-order valence-electron chi connectivity index (χ3n) is 5.51. The Hall–Kier alpha value is -1.60. The van der Waals surface area contributed by atoms with Crippen molar-refractivity contribution >= 4 is 15.8 Å². The third-order valence-corrected chi connectivity index (χ3v) is 6.49. The Morgan fingerprint density at radius 3 is 2.43 bits per heavy atom. The number of likely N-dealkylation sites (tertiary alicyclic amines) is 1. The molecule has 170 valence electrons. The Bertz CT molecular complexity index is 784. The summed E-state index contributed by atoms with van der Waals surface area (Å²) in [4.78, 5) is 7.35. The predicted molar refractivity (Wildman–Crippen MR) is 126 cm³/mol. The van der Waals surface area contributed by atoms with Crippen molar-refractivity contribution in [3.63, 3.8) is 0 Å². The quantitative estimate of drug-likeness (QED) is 0.460. The maximum atomic E-state index is 11.4. The van der Waals surface area contributed by atoms with Crippen LogP contribution in [0.15, 0.2) is 29.3 Å². The summed E-state index contributed by atoms with van der Waals surface area (Å²) in [5.41, 5.74) is 2.58. The number of benzene rings is 1. The highest BCUT2D eigenvalue weighted by molar-refractivity contribution is 7.90. The summed E-state index contributed by atoms with van der Waals surface area (Å²) in [5.74, 6) is 2.40. The van der Waals surface area contributed by atoms with Gasteiger partial charge in [-0.3, -0.25) is 4.90 Å². The summed E-state index contributed by atoms with van der Waals surface area (Å²) in [7, 11) is -2.96. The van der Waals surface area contributed by atoms with Gasteiger partial charge in [-0.05, 0) is 49.7 Å². The molecule has 2 rings (SSSR count). The van der Waals surface area contributed by atoms with Gasteiger partial charge < -0.3 is 10.6 Å². The average Bonchev–Trinajstić information content (AvgIpc) is 2.64. The maximum absolute atomic E-state index is 11.4. The first-order valence-corrected chi connectivity index (χ1v) is 13.2. The van der Waals surface area contributed by atoms with Gasteiger partial charge in [0.2, 0.25) is 0 Å². The zero-order chi connectivity index (χ0) is 22.1. The highest BCUT2D eigenvalue weighted by Gasteiger charge is 2.22. The summed E-state index contributed by atoms with van der Waals surface area (Å²) in [5, 5.41) is 6.61. The largest absolute Gasteiger partial charge is 0.357 e. The standard InChI is InChI=1S/C23H40N4O2S/c1-6-24-23(26-20(4)11-12-30(5,28)29)25-14-21-9-7-8-10-22(21)17-27-15-18(2)13-19(3)16-27/h7-10,18-20H,6,11-17H2,1-5H3,(H2,24,25,26). The fourth-order valence-corrected chi connectivity index (χ4v) is 4.99. The first-order chi connectivity index (χ1) is 14.2. The van der Waals surface area contributed by atoms with Crippen LogP contribution in [-0.2, 0) is 22.9 Å². The zero-order valence-corrected chi connectivity index (χ0v) is 20.1. The number of hydrogen-bond donors (Lipinski definition) is 2. The molecular formula is C23H40N4O2S. The summed E-state index contributed by atoms with van der Waals surface area (Å²) >= 11 is 0. The number of nitrogens with one attached hydrogen (secondary N) is 2. The Morgan fingerprint density at radius 2 is 1.83 bits per heavy atom. The van der Waals surface area contributed by atoms with E-state index in [1.807, 2.05) is 13.8 Å². The van der Waals surface area contributed by atoms with E-state index in [4.69, 9.17) is 4.99 Å². The zero-order valence-electron chi connectivity index (χ0n) is 19.3. The summed E-state index contributed by atoms with van der Waals surface area (Å²) < 4.78 is 22.8. The normalized spacial score (nSPS) is 22.0. The number of guanidine groups is 1. The van der Waals surface area contributed by atoms with Gasteiger partial charge in [-0.1, -0.05) is 38.1 Å². The second-order valence-electron chi connectivity index (χ2n) is 9.07. The molecule has 1 fully saturated rings. The van der Waals surface area contributed by atoms with Crippen molar-refractivity contribution in [2.45, 2.75) is 59.7 Å². The minimum Gasteiger partial charge on any atom is -0.357 e. The van der Waals surface area contributed by atoms with Crippen molar-refractivity contribution in [3.8, 4) is 0 Å². The van der Waals surface area contributed by atoms with Gasteiger partial charge in [-0.25, -0.2) is 13.4 Å². The molecule has 1 saturated heterocycles. The lowest BCUT2D eigenvalue weighted by atomic mass is 9.91. The van der Waals surface area contributed by atoms with Gasteiger partial charge in [0.25, 0.3) is 0 Å². The molecule has 3 atom stereocenters. The van der Waals surface area contributed by atoms with Crippen LogP contribution in [0.5, 0.6) is 0 Å². The minimum absolute atomic E-state index is 0.0316. The fourth-order valence-electron chi connectivity index (χ4n) is 4.21. The van der Waals surface area contributed by atoms with E-state index < -0.39 is 9.84 Å². The van der Waals surface area contributed by atoms with Crippen LogP contribution in [-0.4, -0.2) is 57.0 Å². The van der Waals surface area contributed by atoms with E-state index in [0.717, 1.165) is 44.0 Å². The van der Waals surface area contributed by atoms with Gasteiger partial charge in [-0.15, -0.1) is 0 Å². The van der Waals surface area contributed by atoms with Gasteiger partial charge in [0.05, 0.1) is 12.3 Å². The van der Waals surface area contributed by atoms with E-state index in [1.54, 1.807) is 0 Å². The van der Waals surface area contributed by atoms with Crippen molar-refractivity contribution in [1.82, 2.24) is 15.5 Å². The number of piperidine rings is 1. The first kappa shape index (κ1) is 24.7. The molecule has 30 heavy (non-hydrogen) atoms. The highest BCUT2D eigenvalue weighted by atomic mass is 32.2. The summed E-state index contributed by atoms with van der Waals surface area (Å²) in [6.45, 7) is 13.4.